The second kappa shape index (κ2) is 3.79. The van der Waals surface area contributed by atoms with E-state index in [1.807, 2.05) is 18.5 Å². The Balaban J connectivity index is 2.33. The van der Waals surface area contributed by atoms with Crippen molar-refractivity contribution >= 4 is 11.3 Å². The maximum Gasteiger partial charge on any atom is 0.125 e. The number of nitrogens with one attached hydrogen (secondary N) is 1. The number of H-pyrrole nitrogens is 1. The van der Waals surface area contributed by atoms with Gasteiger partial charge in [-0.15, -0.1) is 11.3 Å². The lowest BCUT2D eigenvalue weighted by molar-refractivity contribution is 0.525. The van der Waals surface area contributed by atoms with Crippen LogP contribution in [0.1, 0.15) is 19.5 Å². The van der Waals surface area contributed by atoms with Crippen LogP contribution in [-0.2, 0) is 5.41 Å². The van der Waals surface area contributed by atoms with E-state index in [0.717, 1.165) is 16.3 Å². The highest BCUT2D eigenvalue weighted by Crippen LogP contribution is 2.29. The summed E-state index contributed by atoms with van der Waals surface area (Å²) < 4.78 is 0. The number of nitrogens with zero attached hydrogens (tertiary/aromatic N) is 1. The van der Waals surface area contributed by atoms with Crippen LogP contribution >= 0.6 is 11.3 Å². The maximum absolute atomic E-state index is 5.72. The molecular weight excluding hydrogens is 206 g/mol. The zero-order valence-corrected chi connectivity index (χ0v) is 9.77. The normalized spacial score (nSPS) is 11.9. The molecule has 2 rings (SSSR count). The van der Waals surface area contributed by atoms with Crippen molar-refractivity contribution in [3.63, 3.8) is 0 Å². The van der Waals surface area contributed by atoms with E-state index < -0.39 is 0 Å². The quantitative estimate of drug-likeness (QED) is 0.836. The van der Waals surface area contributed by atoms with Gasteiger partial charge >= 0.3 is 0 Å². The van der Waals surface area contributed by atoms with Crippen LogP contribution < -0.4 is 5.73 Å². The Morgan fingerprint density at radius 1 is 1.53 bits per heavy atom. The summed E-state index contributed by atoms with van der Waals surface area (Å²) in [7, 11) is 0. The van der Waals surface area contributed by atoms with E-state index in [1.165, 1.54) is 0 Å². The first-order valence-electron chi connectivity index (χ1n) is 4.93. The summed E-state index contributed by atoms with van der Waals surface area (Å²) in [6.45, 7) is 4.84. The molecule has 15 heavy (non-hydrogen) atoms. The largest absolute Gasteiger partial charge is 0.367 e. The highest BCUT2D eigenvalue weighted by atomic mass is 32.1. The lowest BCUT2D eigenvalue weighted by Crippen LogP contribution is -2.28. The third-order valence-electron chi connectivity index (χ3n) is 2.55. The minimum absolute atomic E-state index is 0.0366. The van der Waals surface area contributed by atoms with Crippen LogP contribution in [0.4, 0.5) is 0 Å². The summed E-state index contributed by atoms with van der Waals surface area (Å²) in [4.78, 5) is 7.65. The van der Waals surface area contributed by atoms with Gasteiger partial charge in [-0.25, -0.2) is 4.98 Å². The van der Waals surface area contributed by atoms with E-state index in [9.17, 15) is 0 Å². The van der Waals surface area contributed by atoms with Gasteiger partial charge in [-0.3, -0.25) is 0 Å². The number of aromatic nitrogens is 2. The summed E-state index contributed by atoms with van der Waals surface area (Å²) in [5, 5.41) is 3.14. The third kappa shape index (κ3) is 1.96. The van der Waals surface area contributed by atoms with Crippen molar-refractivity contribution in [3.05, 3.63) is 29.5 Å². The van der Waals surface area contributed by atoms with Crippen molar-refractivity contribution < 1.29 is 0 Å². The fourth-order valence-corrected chi connectivity index (χ4v) is 2.29. The van der Waals surface area contributed by atoms with Gasteiger partial charge in [0.2, 0.25) is 0 Å². The molecule has 0 unspecified atom stereocenters. The standard InChI is InChI=1S/C11H15N3S/c1-11(2,7-12)9-6-15-10(14-9)8-3-4-13-5-8/h3-6,13H,7,12H2,1-2H3. The zero-order chi connectivity index (χ0) is 10.9. The van der Waals surface area contributed by atoms with Crippen molar-refractivity contribution in [2.75, 3.05) is 6.54 Å². The Bertz CT molecular complexity index is 428. The van der Waals surface area contributed by atoms with E-state index in [1.54, 1.807) is 11.3 Å². The highest BCUT2D eigenvalue weighted by molar-refractivity contribution is 7.13. The topological polar surface area (TPSA) is 54.7 Å². The van der Waals surface area contributed by atoms with Gasteiger partial charge in [-0.05, 0) is 6.07 Å². The van der Waals surface area contributed by atoms with Gasteiger partial charge in [0.25, 0.3) is 0 Å². The molecule has 0 aromatic carbocycles. The molecule has 0 radical (unpaired) electrons. The highest BCUT2D eigenvalue weighted by Gasteiger charge is 2.22. The van der Waals surface area contributed by atoms with Crippen LogP contribution in [0, 0.1) is 0 Å². The summed E-state index contributed by atoms with van der Waals surface area (Å²) in [5.41, 5.74) is 7.90. The second-order valence-electron chi connectivity index (χ2n) is 4.23. The second-order valence-corrected chi connectivity index (χ2v) is 5.08. The fourth-order valence-electron chi connectivity index (χ4n) is 1.28. The van der Waals surface area contributed by atoms with Gasteiger partial charge in [-0.1, -0.05) is 13.8 Å². The molecule has 0 aliphatic carbocycles. The molecule has 0 spiro atoms. The predicted molar refractivity (Wildman–Crippen MR) is 64.0 cm³/mol. The van der Waals surface area contributed by atoms with Crippen LogP contribution in [-0.4, -0.2) is 16.5 Å². The van der Waals surface area contributed by atoms with Crippen LogP contribution in [0.5, 0.6) is 0 Å². The lowest BCUT2D eigenvalue weighted by Gasteiger charge is -2.19. The Labute approximate surface area is 93.4 Å². The molecule has 4 heteroatoms. The van der Waals surface area contributed by atoms with Gasteiger partial charge in [0.05, 0.1) is 5.69 Å². The first kappa shape index (κ1) is 10.4. The van der Waals surface area contributed by atoms with Crippen LogP contribution in [0.3, 0.4) is 0 Å². The van der Waals surface area contributed by atoms with Crippen LogP contribution in [0.25, 0.3) is 10.6 Å². The van der Waals surface area contributed by atoms with Crippen molar-refractivity contribution in [2.24, 2.45) is 5.73 Å². The number of hydrogen-bond acceptors (Lipinski definition) is 3. The average molecular weight is 221 g/mol. The van der Waals surface area contributed by atoms with Gasteiger partial charge in [-0.2, -0.15) is 0 Å². The van der Waals surface area contributed by atoms with E-state index >= 15 is 0 Å². The lowest BCUT2D eigenvalue weighted by atomic mass is 9.90. The number of thiazole rings is 1. The Hall–Kier alpha value is -1.13. The zero-order valence-electron chi connectivity index (χ0n) is 8.95. The first-order valence-corrected chi connectivity index (χ1v) is 5.81. The Morgan fingerprint density at radius 3 is 2.93 bits per heavy atom. The van der Waals surface area contributed by atoms with E-state index in [2.05, 4.69) is 29.2 Å². The molecule has 3 N–H and O–H groups in total. The van der Waals surface area contributed by atoms with Crippen molar-refractivity contribution in [1.82, 2.24) is 9.97 Å². The molecule has 0 bridgehead atoms. The van der Waals surface area contributed by atoms with Crippen molar-refractivity contribution in [1.29, 1.82) is 0 Å². The molecule has 0 saturated carbocycles. The van der Waals surface area contributed by atoms with E-state index in [-0.39, 0.29) is 5.41 Å². The molecule has 0 saturated heterocycles. The monoisotopic (exact) mass is 221 g/mol. The van der Waals surface area contributed by atoms with Crippen LogP contribution in [0.2, 0.25) is 0 Å². The number of hydrogen-bond donors (Lipinski definition) is 2. The van der Waals surface area contributed by atoms with Crippen LogP contribution in [0.15, 0.2) is 23.8 Å². The SMILES string of the molecule is CC(C)(CN)c1csc(-c2cc[nH]c2)n1. The molecule has 80 valence electrons. The predicted octanol–water partition coefficient (Wildman–Crippen LogP) is 2.37. The van der Waals surface area contributed by atoms with E-state index in [0.29, 0.717) is 6.54 Å². The molecule has 2 heterocycles. The fraction of sp³-hybridized carbons (Fsp3) is 0.364. The summed E-state index contributed by atoms with van der Waals surface area (Å²) in [6.07, 6.45) is 3.86. The molecule has 0 amide bonds. The summed E-state index contributed by atoms with van der Waals surface area (Å²) in [5.74, 6) is 0. The molecule has 0 aliphatic heterocycles. The number of aromatic amines is 1. The van der Waals surface area contributed by atoms with Gasteiger partial charge in [0.1, 0.15) is 5.01 Å². The molecule has 3 nitrogen and oxygen atoms in total. The maximum atomic E-state index is 5.72. The summed E-state index contributed by atoms with van der Waals surface area (Å²) in [6, 6.07) is 2.03. The molecule has 0 atom stereocenters. The van der Waals surface area contributed by atoms with Gasteiger partial charge in [0.15, 0.2) is 0 Å². The average Bonchev–Trinajstić information content (AvgIpc) is 2.88. The number of nitrogens with two attached hydrogens (primary N) is 1. The van der Waals surface area contributed by atoms with Gasteiger partial charge in [0, 0.05) is 35.3 Å². The molecule has 2 aromatic heterocycles. The summed E-state index contributed by atoms with van der Waals surface area (Å²) >= 11 is 1.66. The van der Waals surface area contributed by atoms with E-state index in [4.69, 9.17) is 5.73 Å². The van der Waals surface area contributed by atoms with Crippen molar-refractivity contribution in [3.8, 4) is 10.6 Å². The molecule has 0 fully saturated rings. The first-order chi connectivity index (χ1) is 7.13. The molecule has 0 aliphatic rings. The van der Waals surface area contributed by atoms with Crippen molar-refractivity contribution in [2.45, 2.75) is 19.3 Å². The molecular formula is C11H15N3S. The van der Waals surface area contributed by atoms with Gasteiger partial charge < -0.3 is 10.7 Å². The molecule has 2 aromatic rings. The Kier molecular flexibility index (Phi) is 2.63. The minimum atomic E-state index is -0.0366. The minimum Gasteiger partial charge on any atom is -0.367 e. The third-order valence-corrected chi connectivity index (χ3v) is 3.44. The number of rotatable bonds is 3. The smallest absolute Gasteiger partial charge is 0.125 e. The Morgan fingerprint density at radius 2 is 2.33 bits per heavy atom.